The molecule has 2 aromatic carbocycles. The maximum atomic E-state index is 12.2. The van der Waals surface area contributed by atoms with E-state index in [2.05, 4.69) is 26.0 Å². The molecule has 0 fully saturated rings. The smallest absolute Gasteiger partial charge is 0.406 e. The lowest BCUT2D eigenvalue weighted by atomic mass is 10.2. The number of carbonyl (C=O) groups excluding carboxylic acids is 1. The van der Waals surface area contributed by atoms with Gasteiger partial charge in [-0.05, 0) is 53.2 Å². The molecule has 0 saturated heterocycles. The zero-order valence-electron chi connectivity index (χ0n) is 13.1. The molecule has 2 N–H and O–H groups in total. The van der Waals surface area contributed by atoms with Crippen LogP contribution in [0.4, 0.5) is 23.7 Å². The van der Waals surface area contributed by atoms with Gasteiger partial charge in [0.05, 0.1) is 10.6 Å². The van der Waals surface area contributed by atoms with Crippen LogP contribution in [0.5, 0.6) is 5.75 Å². The lowest BCUT2D eigenvalue weighted by Crippen LogP contribution is -2.34. The van der Waals surface area contributed by atoms with E-state index < -0.39 is 28.2 Å². The van der Waals surface area contributed by atoms with Gasteiger partial charge in [0.15, 0.2) is 0 Å². The summed E-state index contributed by atoms with van der Waals surface area (Å²) in [4.78, 5) is 11.8. The number of hydrogen-bond donors (Lipinski definition) is 2. The van der Waals surface area contributed by atoms with Gasteiger partial charge in [0.2, 0.25) is 0 Å². The number of alkyl halides is 3. The van der Waals surface area contributed by atoms with Gasteiger partial charge in [0, 0.05) is 4.47 Å². The third-order valence-corrected chi connectivity index (χ3v) is 4.98. The Morgan fingerprint density at radius 2 is 1.73 bits per heavy atom. The van der Waals surface area contributed by atoms with Crippen molar-refractivity contribution >= 4 is 37.7 Å². The average Bonchev–Trinajstić information content (AvgIpc) is 2.48. The summed E-state index contributed by atoms with van der Waals surface area (Å²) in [6.45, 7) is 1.78. The summed E-state index contributed by atoms with van der Waals surface area (Å²) < 4.78 is 66.4. The SMILES string of the molecule is Cc1ccc(S(=O)(=O)NC(=O)Nc2ccc(OC(F)(F)F)cc2Br)cc1. The molecule has 0 aliphatic carbocycles. The molecule has 0 aromatic heterocycles. The van der Waals surface area contributed by atoms with Gasteiger partial charge >= 0.3 is 12.4 Å². The molecule has 2 rings (SSSR count). The van der Waals surface area contributed by atoms with Crippen molar-refractivity contribution in [3.05, 3.63) is 52.5 Å². The van der Waals surface area contributed by atoms with Crippen LogP contribution in [-0.4, -0.2) is 20.8 Å². The summed E-state index contributed by atoms with van der Waals surface area (Å²) in [5.41, 5.74) is 0.898. The Balaban J connectivity index is 2.09. The molecule has 0 unspecified atom stereocenters. The number of sulfonamides is 1. The molecule has 0 saturated carbocycles. The molecule has 0 aliphatic rings. The van der Waals surface area contributed by atoms with Crippen molar-refractivity contribution in [2.75, 3.05) is 5.32 Å². The molecule has 0 aliphatic heterocycles. The standard InChI is InChI=1S/C15H12BrF3N2O4S/c1-9-2-5-11(6-3-9)26(23,24)21-14(22)20-13-7-4-10(8-12(13)16)25-15(17,18)19/h2-8H,1H3,(H2,20,21,22). The van der Waals surface area contributed by atoms with Gasteiger partial charge in [-0.2, -0.15) is 0 Å². The van der Waals surface area contributed by atoms with Gasteiger partial charge in [-0.15, -0.1) is 13.2 Å². The number of urea groups is 1. The van der Waals surface area contributed by atoms with Crippen LogP contribution in [0.3, 0.4) is 0 Å². The predicted octanol–water partition coefficient (Wildman–Crippen LogP) is 4.17. The van der Waals surface area contributed by atoms with E-state index in [1.165, 1.54) is 12.1 Å². The number of rotatable bonds is 4. The molecule has 0 bridgehead atoms. The highest BCUT2D eigenvalue weighted by molar-refractivity contribution is 9.10. The first kappa shape index (κ1) is 20.0. The number of aryl methyl sites for hydroxylation is 1. The van der Waals surface area contributed by atoms with Crippen LogP contribution >= 0.6 is 15.9 Å². The van der Waals surface area contributed by atoms with E-state index in [0.717, 1.165) is 23.8 Å². The molecule has 2 amide bonds. The van der Waals surface area contributed by atoms with Gasteiger partial charge in [-0.1, -0.05) is 17.7 Å². The van der Waals surface area contributed by atoms with Crippen LogP contribution in [0.15, 0.2) is 51.8 Å². The zero-order chi connectivity index (χ0) is 19.5. The number of benzene rings is 2. The molecular weight excluding hydrogens is 441 g/mol. The number of amides is 2. The fraction of sp³-hybridized carbons (Fsp3) is 0.133. The molecule has 0 atom stereocenters. The summed E-state index contributed by atoms with van der Waals surface area (Å²) in [6, 6.07) is 7.83. The number of ether oxygens (including phenoxy) is 1. The van der Waals surface area contributed by atoms with E-state index in [0.29, 0.717) is 0 Å². The number of nitrogens with one attached hydrogen (secondary N) is 2. The van der Waals surface area contributed by atoms with Gasteiger partial charge < -0.3 is 10.1 Å². The minimum atomic E-state index is -4.85. The monoisotopic (exact) mass is 452 g/mol. The van der Waals surface area contributed by atoms with Gasteiger partial charge in [0.1, 0.15) is 5.75 Å². The van der Waals surface area contributed by atoms with Crippen LogP contribution in [0.1, 0.15) is 5.56 Å². The predicted molar refractivity (Wildman–Crippen MR) is 91.3 cm³/mol. The van der Waals surface area contributed by atoms with Crippen molar-refractivity contribution in [3.8, 4) is 5.75 Å². The number of hydrogen-bond acceptors (Lipinski definition) is 4. The lowest BCUT2D eigenvalue weighted by molar-refractivity contribution is -0.274. The van der Waals surface area contributed by atoms with Crippen LogP contribution in [0.25, 0.3) is 0 Å². The van der Waals surface area contributed by atoms with E-state index >= 15 is 0 Å². The number of halogens is 4. The first-order chi connectivity index (χ1) is 12.0. The van der Waals surface area contributed by atoms with E-state index in [1.54, 1.807) is 19.1 Å². The van der Waals surface area contributed by atoms with Gasteiger partial charge in [0.25, 0.3) is 10.0 Å². The average molecular weight is 453 g/mol. The van der Waals surface area contributed by atoms with Crippen LogP contribution < -0.4 is 14.8 Å². The summed E-state index contributed by atoms with van der Waals surface area (Å²) >= 11 is 2.98. The topological polar surface area (TPSA) is 84.5 Å². The lowest BCUT2D eigenvalue weighted by Gasteiger charge is -2.12. The van der Waals surface area contributed by atoms with Crippen molar-refractivity contribution in [2.24, 2.45) is 0 Å². The van der Waals surface area contributed by atoms with E-state index in [1.807, 2.05) is 4.72 Å². The van der Waals surface area contributed by atoms with Crippen molar-refractivity contribution < 1.29 is 31.1 Å². The molecule has 11 heteroatoms. The Kier molecular flexibility index (Phi) is 5.81. The highest BCUT2D eigenvalue weighted by atomic mass is 79.9. The maximum Gasteiger partial charge on any atom is 0.573 e. The van der Waals surface area contributed by atoms with Crippen LogP contribution in [0, 0.1) is 6.92 Å². The number of carbonyl (C=O) groups is 1. The summed E-state index contributed by atoms with van der Waals surface area (Å²) in [7, 11) is -4.09. The van der Waals surface area contributed by atoms with Crippen LogP contribution in [0.2, 0.25) is 0 Å². The zero-order valence-corrected chi connectivity index (χ0v) is 15.5. The molecule has 0 radical (unpaired) electrons. The quantitative estimate of drug-likeness (QED) is 0.728. The molecule has 0 spiro atoms. The molecule has 2 aromatic rings. The van der Waals surface area contributed by atoms with E-state index in [4.69, 9.17) is 0 Å². The number of anilines is 1. The molecule has 0 heterocycles. The molecule has 26 heavy (non-hydrogen) atoms. The van der Waals surface area contributed by atoms with Gasteiger partial charge in [-0.3, -0.25) is 0 Å². The molecule has 6 nitrogen and oxygen atoms in total. The molecular formula is C15H12BrF3N2O4S. The Hall–Kier alpha value is -2.27. The second kappa shape index (κ2) is 7.54. The largest absolute Gasteiger partial charge is 0.573 e. The minimum absolute atomic E-state index is 0.0520. The normalized spacial score (nSPS) is 11.7. The van der Waals surface area contributed by atoms with E-state index in [-0.39, 0.29) is 15.1 Å². The highest BCUT2D eigenvalue weighted by Crippen LogP contribution is 2.30. The maximum absolute atomic E-state index is 12.2. The fourth-order valence-corrected chi connectivity index (χ4v) is 3.20. The highest BCUT2D eigenvalue weighted by Gasteiger charge is 2.31. The third-order valence-electron chi connectivity index (χ3n) is 2.98. The van der Waals surface area contributed by atoms with Crippen molar-refractivity contribution in [1.82, 2.24) is 4.72 Å². The summed E-state index contributed by atoms with van der Waals surface area (Å²) in [5, 5.41) is 2.22. The van der Waals surface area contributed by atoms with Crippen molar-refractivity contribution in [1.29, 1.82) is 0 Å². The third kappa shape index (κ3) is 5.63. The van der Waals surface area contributed by atoms with Crippen LogP contribution in [-0.2, 0) is 10.0 Å². The Morgan fingerprint density at radius 3 is 2.27 bits per heavy atom. The minimum Gasteiger partial charge on any atom is -0.406 e. The summed E-state index contributed by atoms with van der Waals surface area (Å²) in [6.07, 6.45) is -4.85. The van der Waals surface area contributed by atoms with Gasteiger partial charge in [-0.25, -0.2) is 17.9 Å². The second-order valence-electron chi connectivity index (χ2n) is 5.06. The second-order valence-corrected chi connectivity index (χ2v) is 7.60. The van der Waals surface area contributed by atoms with E-state index in [9.17, 15) is 26.4 Å². The first-order valence-electron chi connectivity index (χ1n) is 6.92. The summed E-state index contributed by atoms with van der Waals surface area (Å²) in [5.74, 6) is -0.498. The Labute approximate surface area is 155 Å². The molecule has 140 valence electrons. The Bertz CT molecular complexity index is 915. The van der Waals surface area contributed by atoms with Crippen molar-refractivity contribution in [3.63, 3.8) is 0 Å². The van der Waals surface area contributed by atoms with Crippen molar-refractivity contribution in [2.45, 2.75) is 18.2 Å². The first-order valence-corrected chi connectivity index (χ1v) is 9.20. The fourth-order valence-electron chi connectivity index (χ4n) is 1.84. The Morgan fingerprint density at radius 1 is 1.12 bits per heavy atom.